The molecule has 0 saturated heterocycles. The van der Waals surface area contributed by atoms with E-state index in [2.05, 4.69) is 0 Å². The van der Waals surface area contributed by atoms with Crippen molar-refractivity contribution in [3.8, 4) is 0 Å². The van der Waals surface area contributed by atoms with Gasteiger partial charge >= 0.3 is 0 Å². The second-order valence-electron chi connectivity index (χ2n) is 4.61. The maximum absolute atomic E-state index is 14.0. The molecule has 1 aromatic rings. The van der Waals surface area contributed by atoms with Crippen LogP contribution in [0.3, 0.4) is 0 Å². The molecule has 17 heavy (non-hydrogen) atoms. The van der Waals surface area contributed by atoms with E-state index in [1.807, 2.05) is 17.9 Å². The Morgan fingerprint density at radius 2 is 2.24 bits per heavy atom. The van der Waals surface area contributed by atoms with Crippen LogP contribution in [0.25, 0.3) is 0 Å². The third-order valence-corrected chi connectivity index (χ3v) is 3.12. The topological polar surface area (TPSA) is 49.5 Å². The predicted octanol–water partition coefficient (Wildman–Crippen LogP) is 1.81. The Bertz CT molecular complexity index is 391. The number of hydrogen-bond acceptors (Lipinski definition) is 3. The summed E-state index contributed by atoms with van der Waals surface area (Å²) in [6, 6.07) is 5.14. The van der Waals surface area contributed by atoms with E-state index in [9.17, 15) is 4.39 Å². The first-order valence-electron chi connectivity index (χ1n) is 6.06. The highest BCUT2D eigenvalue weighted by Gasteiger charge is 2.32. The van der Waals surface area contributed by atoms with Crippen molar-refractivity contribution in [3.05, 3.63) is 29.6 Å². The molecule has 1 aliphatic carbocycles. The summed E-state index contributed by atoms with van der Waals surface area (Å²) >= 11 is 0. The third kappa shape index (κ3) is 2.58. The van der Waals surface area contributed by atoms with E-state index in [0.29, 0.717) is 18.3 Å². The Morgan fingerprint density at radius 1 is 1.53 bits per heavy atom. The molecule has 1 aromatic carbocycles. The normalized spacial score (nSPS) is 16.9. The van der Waals surface area contributed by atoms with Crippen molar-refractivity contribution in [2.45, 2.75) is 31.8 Å². The highest BCUT2D eigenvalue weighted by Crippen LogP contribution is 2.36. The van der Waals surface area contributed by atoms with Gasteiger partial charge in [0.05, 0.1) is 12.3 Å². The van der Waals surface area contributed by atoms with E-state index in [-0.39, 0.29) is 18.5 Å². The van der Waals surface area contributed by atoms with Gasteiger partial charge < -0.3 is 15.7 Å². The third-order valence-electron chi connectivity index (χ3n) is 3.12. The highest BCUT2D eigenvalue weighted by atomic mass is 19.1. The van der Waals surface area contributed by atoms with Crippen LogP contribution in [-0.2, 0) is 0 Å². The van der Waals surface area contributed by atoms with Crippen molar-refractivity contribution in [2.24, 2.45) is 5.73 Å². The molecule has 0 aliphatic heterocycles. The molecule has 1 atom stereocenters. The Morgan fingerprint density at radius 3 is 2.76 bits per heavy atom. The minimum Gasteiger partial charge on any atom is -0.395 e. The molecule has 2 rings (SSSR count). The number of para-hydroxylation sites is 1. The molecule has 1 aliphatic rings. The average molecular weight is 238 g/mol. The van der Waals surface area contributed by atoms with Gasteiger partial charge in [-0.2, -0.15) is 0 Å². The molecule has 4 heteroatoms. The summed E-state index contributed by atoms with van der Waals surface area (Å²) in [7, 11) is 0. The van der Waals surface area contributed by atoms with Crippen LogP contribution in [0, 0.1) is 5.82 Å². The van der Waals surface area contributed by atoms with Gasteiger partial charge in [-0.3, -0.25) is 0 Å². The number of anilines is 1. The molecule has 0 aromatic heterocycles. The molecule has 0 bridgehead atoms. The minimum atomic E-state index is -0.250. The molecule has 1 saturated carbocycles. The van der Waals surface area contributed by atoms with Gasteiger partial charge in [-0.15, -0.1) is 0 Å². The van der Waals surface area contributed by atoms with E-state index < -0.39 is 0 Å². The van der Waals surface area contributed by atoms with E-state index in [1.54, 1.807) is 6.07 Å². The SMILES string of the molecule is C[C@H](N)c1cccc(F)c1N(CCO)C1CC1. The molecule has 0 unspecified atom stereocenters. The van der Waals surface area contributed by atoms with E-state index in [0.717, 1.165) is 18.4 Å². The number of aliphatic hydroxyl groups is 1. The van der Waals surface area contributed by atoms with Gasteiger partial charge in [0.15, 0.2) is 0 Å². The summed E-state index contributed by atoms with van der Waals surface area (Å²) in [5.41, 5.74) is 7.26. The van der Waals surface area contributed by atoms with Crippen molar-refractivity contribution in [1.82, 2.24) is 0 Å². The maximum atomic E-state index is 14.0. The monoisotopic (exact) mass is 238 g/mol. The lowest BCUT2D eigenvalue weighted by atomic mass is 10.1. The van der Waals surface area contributed by atoms with Crippen LogP contribution in [0.5, 0.6) is 0 Å². The molecular formula is C13H19FN2O. The van der Waals surface area contributed by atoms with Gasteiger partial charge in [-0.1, -0.05) is 12.1 Å². The number of aliphatic hydroxyl groups excluding tert-OH is 1. The van der Waals surface area contributed by atoms with Gasteiger partial charge in [0.2, 0.25) is 0 Å². The average Bonchev–Trinajstić information content (AvgIpc) is 3.10. The zero-order valence-corrected chi connectivity index (χ0v) is 10.1. The lowest BCUT2D eigenvalue weighted by Crippen LogP contribution is -2.31. The van der Waals surface area contributed by atoms with Crippen LogP contribution in [0.4, 0.5) is 10.1 Å². The van der Waals surface area contributed by atoms with Crippen molar-refractivity contribution in [1.29, 1.82) is 0 Å². The first-order valence-corrected chi connectivity index (χ1v) is 6.06. The number of nitrogens with two attached hydrogens (primary N) is 1. The highest BCUT2D eigenvalue weighted by molar-refractivity contribution is 5.57. The molecule has 1 fully saturated rings. The number of benzene rings is 1. The summed E-state index contributed by atoms with van der Waals surface area (Å²) in [5.74, 6) is -0.250. The lowest BCUT2D eigenvalue weighted by Gasteiger charge is -2.28. The zero-order valence-electron chi connectivity index (χ0n) is 10.1. The lowest BCUT2D eigenvalue weighted by molar-refractivity contribution is 0.301. The molecule has 94 valence electrons. The van der Waals surface area contributed by atoms with Crippen LogP contribution in [0.1, 0.15) is 31.4 Å². The molecule has 0 heterocycles. The molecule has 0 spiro atoms. The molecule has 0 amide bonds. The summed E-state index contributed by atoms with van der Waals surface area (Å²) < 4.78 is 14.0. The Balaban J connectivity index is 2.39. The quantitative estimate of drug-likeness (QED) is 0.822. The first kappa shape index (κ1) is 12.3. The van der Waals surface area contributed by atoms with E-state index >= 15 is 0 Å². The van der Waals surface area contributed by atoms with E-state index in [4.69, 9.17) is 10.8 Å². The number of hydrogen-bond donors (Lipinski definition) is 2. The van der Waals surface area contributed by atoms with Gasteiger partial charge in [0.25, 0.3) is 0 Å². The van der Waals surface area contributed by atoms with Crippen molar-refractivity contribution in [2.75, 3.05) is 18.1 Å². The largest absolute Gasteiger partial charge is 0.395 e. The summed E-state index contributed by atoms with van der Waals surface area (Å²) in [6.45, 7) is 2.34. The molecular weight excluding hydrogens is 219 g/mol. The van der Waals surface area contributed by atoms with Crippen molar-refractivity contribution in [3.63, 3.8) is 0 Å². The Kier molecular flexibility index (Phi) is 3.64. The Hall–Kier alpha value is -1.13. The smallest absolute Gasteiger partial charge is 0.146 e. The number of rotatable bonds is 5. The summed E-state index contributed by atoms with van der Waals surface area (Å²) in [6.07, 6.45) is 2.12. The predicted molar refractivity (Wildman–Crippen MR) is 66.5 cm³/mol. The number of halogens is 1. The van der Waals surface area contributed by atoms with Crippen LogP contribution >= 0.6 is 0 Å². The fourth-order valence-electron chi connectivity index (χ4n) is 2.17. The van der Waals surface area contributed by atoms with Crippen LogP contribution < -0.4 is 10.6 Å². The van der Waals surface area contributed by atoms with Crippen LogP contribution in [0.15, 0.2) is 18.2 Å². The molecule has 0 radical (unpaired) electrons. The second kappa shape index (κ2) is 5.02. The van der Waals surface area contributed by atoms with Crippen molar-refractivity contribution < 1.29 is 9.50 Å². The zero-order chi connectivity index (χ0) is 12.4. The van der Waals surface area contributed by atoms with Crippen LogP contribution in [-0.4, -0.2) is 24.3 Å². The first-order chi connectivity index (χ1) is 8.15. The minimum absolute atomic E-state index is 0.0310. The van der Waals surface area contributed by atoms with Gasteiger partial charge in [-0.05, 0) is 31.4 Å². The standard InChI is InChI=1S/C13H19FN2O/c1-9(15)11-3-2-4-12(14)13(11)16(7-8-17)10-5-6-10/h2-4,9-10,17H,5-8,15H2,1H3/t9-/m0/s1. The van der Waals surface area contributed by atoms with Gasteiger partial charge in [0, 0.05) is 18.6 Å². The van der Waals surface area contributed by atoms with Crippen molar-refractivity contribution >= 4 is 5.69 Å². The van der Waals surface area contributed by atoms with Gasteiger partial charge in [-0.25, -0.2) is 4.39 Å². The van der Waals surface area contributed by atoms with E-state index in [1.165, 1.54) is 6.07 Å². The summed E-state index contributed by atoms with van der Waals surface area (Å²) in [4.78, 5) is 1.95. The molecule has 3 nitrogen and oxygen atoms in total. The van der Waals surface area contributed by atoms with Gasteiger partial charge in [0.1, 0.15) is 5.82 Å². The summed E-state index contributed by atoms with van der Waals surface area (Å²) in [5, 5.41) is 9.10. The fraction of sp³-hybridized carbons (Fsp3) is 0.538. The Labute approximate surface area is 101 Å². The van der Waals surface area contributed by atoms with Crippen LogP contribution in [0.2, 0.25) is 0 Å². The maximum Gasteiger partial charge on any atom is 0.146 e. The fourth-order valence-corrected chi connectivity index (χ4v) is 2.17. The second-order valence-corrected chi connectivity index (χ2v) is 4.61. The number of nitrogens with zero attached hydrogens (tertiary/aromatic N) is 1. The molecule has 3 N–H and O–H groups in total.